The highest BCUT2D eigenvalue weighted by atomic mass is 14.9. The monoisotopic (exact) mass is 251 g/mol. The molecular weight excluding hydrogens is 230 g/mol. The molecule has 98 valence electrons. The van der Waals surface area contributed by atoms with Gasteiger partial charge in [0.1, 0.15) is 0 Å². The highest BCUT2D eigenvalue weighted by molar-refractivity contribution is 5.57. The highest BCUT2D eigenvalue weighted by Gasteiger charge is 2.12. The van der Waals surface area contributed by atoms with Gasteiger partial charge in [-0.05, 0) is 55.9 Å². The molecule has 1 aliphatic heterocycles. The van der Waals surface area contributed by atoms with E-state index in [0.717, 1.165) is 13.0 Å². The standard InChI is InChI=1S/C18H21N/c1-13-9-14(2)11-15(10-13)12-16-5-3-7-18-17(16)6-4-8-19-18/h3,5,7,9-11,19H,4,6,8,12H2,1-2H3. The molecule has 1 N–H and O–H groups in total. The van der Waals surface area contributed by atoms with Crippen LogP contribution in [0.4, 0.5) is 5.69 Å². The van der Waals surface area contributed by atoms with Gasteiger partial charge in [-0.3, -0.25) is 0 Å². The number of fused-ring (bicyclic) bond motifs is 1. The molecular formula is C18H21N. The summed E-state index contributed by atoms with van der Waals surface area (Å²) in [5.41, 5.74) is 8.49. The first-order valence-electron chi connectivity index (χ1n) is 7.14. The fourth-order valence-corrected chi connectivity index (χ4v) is 3.14. The molecule has 0 saturated heterocycles. The first-order chi connectivity index (χ1) is 9.22. The third kappa shape index (κ3) is 2.65. The molecule has 0 amide bonds. The minimum Gasteiger partial charge on any atom is -0.385 e. The van der Waals surface area contributed by atoms with Gasteiger partial charge in [-0.2, -0.15) is 0 Å². The van der Waals surface area contributed by atoms with Gasteiger partial charge in [0.2, 0.25) is 0 Å². The first-order valence-corrected chi connectivity index (χ1v) is 7.14. The van der Waals surface area contributed by atoms with E-state index >= 15 is 0 Å². The van der Waals surface area contributed by atoms with Crippen molar-refractivity contribution in [2.75, 3.05) is 11.9 Å². The van der Waals surface area contributed by atoms with Crippen molar-refractivity contribution in [1.29, 1.82) is 0 Å². The van der Waals surface area contributed by atoms with Gasteiger partial charge in [-0.25, -0.2) is 0 Å². The Hall–Kier alpha value is -1.76. The van der Waals surface area contributed by atoms with Crippen molar-refractivity contribution in [2.24, 2.45) is 0 Å². The van der Waals surface area contributed by atoms with Crippen LogP contribution in [0.25, 0.3) is 0 Å². The Morgan fingerprint density at radius 1 is 1.05 bits per heavy atom. The number of hydrogen-bond acceptors (Lipinski definition) is 1. The normalized spacial score (nSPS) is 13.8. The molecule has 0 radical (unpaired) electrons. The van der Waals surface area contributed by atoms with E-state index in [2.05, 4.69) is 55.6 Å². The minimum atomic E-state index is 1.05. The second-order valence-corrected chi connectivity index (χ2v) is 5.65. The summed E-state index contributed by atoms with van der Waals surface area (Å²) >= 11 is 0. The Morgan fingerprint density at radius 3 is 2.63 bits per heavy atom. The predicted octanol–water partition coefficient (Wildman–Crippen LogP) is 4.25. The quantitative estimate of drug-likeness (QED) is 0.841. The van der Waals surface area contributed by atoms with Crippen molar-refractivity contribution >= 4 is 5.69 Å². The minimum absolute atomic E-state index is 1.05. The lowest BCUT2D eigenvalue weighted by Gasteiger charge is -2.21. The molecule has 1 aliphatic rings. The molecule has 0 saturated carbocycles. The first kappa shape index (κ1) is 12.3. The van der Waals surface area contributed by atoms with Crippen LogP contribution in [-0.2, 0) is 12.8 Å². The number of hydrogen-bond donors (Lipinski definition) is 1. The summed E-state index contributed by atoms with van der Waals surface area (Å²) in [7, 11) is 0. The van der Waals surface area contributed by atoms with Crippen molar-refractivity contribution in [3.8, 4) is 0 Å². The fourth-order valence-electron chi connectivity index (χ4n) is 3.14. The Bertz CT molecular complexity index is 578. The summed E-state index contributed by atoms with van der Waals surface area (Å²) in [4.78, 5) is 0. The topological polar surface area (TPSA) is 12.0 Å². The molecule has 2 aromatic rings. The van der Waals surface area contributed by atoms with Gasteiger partial charge in [-0.1, -0.05) is 41.5 Å². The molecule has 0 aliphatic carbocycles. The smallest absolute Gasteiger partial charge is 0.0375 e. The van der Waals surface area contributed by atoms with Crippen molar-refractivity contribution in [1.82, 2.24) is 0 Å². The summed E-state index contributed by atoms with van der Waals surface area (Å²) in [6, 6.07) is 13.5. The number of benzene rings is 2. The number of anilines is 1. The highest BCUT2D eigenvalue weighted by Crippen LogP contribution is 2.27. The van der Waals surface area contributed by atoms with Crippen molar-refractivity contribution in [2.45, 2.75) is 33.1 Å². The van der Waals surface area contributed by atoms with Crippen molar-refractivity contribution in [3.05, 3.63) is 64.2 Å². The van der Waals surface area contributed by atoms with E-state index < -0.39 is 0 Å². The number of rotatable bonds is 2. The average Bonchev–Trinajstić information content (AvgIpc) is 2.38. The molecule has 3 rings (SSSR count). The van der Waals surface area contributed by atoms with E-state index in [-0.39, 0.29) is 0 Å². The lowest BCUT2D eigenvalue weighted by Crippen LogP contribution is -2.13. The average molecular weight is 251 g/mol. The van der Waals surface area contributed by atoms with Gasteiger partial charge in [0.15, 0.2) is 0 Å². The van der Waals surface area contributed by atoms with Gasteiger partial charge in [0.25, 0.3) is 0 Å². The molecule has 0 unspecified atom stereocenters. The third-order valence-corrected chi connectivity index (χ3v) is 3.87. The summed E-state index contributed by atoms with van der Waals surface area (Å²) in [6.07, 6.45) is 3.51. The zero-order valence-electron chi connectivity index (χ0n) is 11.8. The van der Waals surface area contributed by atoms with Crippen LogP contribution in [0, 0.1) is 13.8 Å². The Morgan fingerprint density at radius 2 is 1.84 bits per heavy atom. The molecule has 2 aromatic carbocycles. The molecule has 0 spiro atoms. The largest absolute Gasteiger partial charge is 0.385 e. The summed E-state index contributed by atoms with van der Waals surface area (Å²) < 4.78 is 0. The van der Waals surface area contributed by atoms with Crippen LogP contribution in [0.1, 0.15) is 34.2 Å². The Kier molecular flexibility index (Phi) is 3.29. The maximum atomic E-state index is 3.51. The zero-order chi connectivity index (χ0) is 13.2. The van der Waals surface area contributed by atoms with E-state index in [9.17, 15) is 0 Å². The summed E-state index contributed by atoms with van der Waals surface area (Å²) in [5.74, 6) is 0. The SMILES string of the molecule is Cc1cc(C)cc(Cc2cccc3c2CCCN3)c1. The Labute approximate surface area is 115 Å². The molecule has 0 atom stereocenters. The number of aryl methyl sites for hydroxylation is 2. The van der Waals surface area contributed by atoms with Gasteiger partial charge < -0.3 is 5.32 Å². The van der Waals surface area contributed by atoms with Crippen LogP contribution >= 0.6 is 0 Å². The van der Waals surface area contributed by atoms with Gasteiger partial charge in [0, 0.05) is 12.2 Å². The molecule has 0 aromatic heterocycles. The van der Waals surface area contributed by atoms with E-state index in [1.807, 2.05) is 0 Å². The molecule has 1 heteroatoms. The van der Waals surface area contributed by atoms with Crippen LogP contribution in [-0.4, -0.2) is 6.54 Å². The second-order valence-electron chi connectivity index (χ2n) is 5.65. The maximum Gasteiger partial charge on any atom is 0.0375 e. The van der Waals surface area contributed by atoms with Gasteiger partial charge >= 0.3 is 0 Å². The molecule has 1 heterocycles. The molecule has 0 bridgehead atoms. The molecule has 19 heavy (non-hydrogen) atoms. The zero-order valence-corrected chi connectivity index (χ0v) is 11.8. The second kappa shape index (κ2) is 5.08. The van der Waals surface area contributed by atoms with Crippen molar-refractivity contribution in [3.63, 3.8) is 0 Å². The van der Waals surface area contributed by atoms with Crippen molar-refractivity contribution < 1.29 is 0 Å². The van der Waals surface area contributed by atoms with Gasteiger partial charge in [-0.15, -0.1) is 0 Å². The molecule has 0 fully saturated rings. The van der Waals surface area contributed by atoms with Crippen LogP contribution in [0.3, 0.4) is 0 Å². The lowest BCUT2D eigenvalue weighted by molar-refractivity contribution is 0.819. The summed E-state index contributed by atoms with van der Waals surface area (Å²) in [6.45, 7) is 5.47. The fraction of sp³-hybridized carbons (Fsp3) is 0.333. The number of nitrogens with one attached hydrogen (secondary N) is 1. The maximum absolute atomic E-state index is 3.51. The van der Waals surface area contributed by atoms with E-state index in [0.29, 0.717) is 0 Å². The molecule has 1 nitrogen and oxygen atoms in total. The van der Waals surface area contributed by atoms with E-state index in [4.69, 9.17) is 0 Å². The summed E-state index contributed by atoms with van der Waals surface area (Å²) in [5, 5.41) is 3.51. The van der Waals surface area contributed by atoms with E-state index in [1.54, 1.807) is 0 Å². The Balaban J connectivity index is 1.95. The predicted molar refractivity (Wildman–Crippen MR) is 82.0 cm³/mol. The van der Waals surface area contributed by atoms with Crippen LogP contribution in [0.2, 0.25) is 0 Å². The van der Waals surface area contributed by atoms with Crippen LogP contribution in [0.5, 0.6) is 0 Å². The van der Waals surface area contributed by atoms with Gasteiger partial charge in [0.05, 0.1) is 0 Å². The van der Waals surface area contributed by atoms with E-state index in [1.165, 1.54) is 46.3 Å². The third-order valence-electron chi connectivity index (χ3n) is 3.87. The van der Waals surface area contributed by atoms with Crippen LogP contribution < -0.4 is 5.32 Å². The lowest BCUT2D eigenvalue weighted by atomic mass is 9.92. The van der Waals surface area contributed by atoms with Crippen LogP contribution in [0.15, 0.2) is 36.4 Å².